The van der Waals surface area contributed by atoms with E-state index in [0.29, 0.717) is 27.5 Å². The molecule has 4 rings (SSSR count). The molecule has 0 saturated heterocycles. The Labute approximate surface area is 145 Å². The second kappa shape index (κ2) is 5.66. The van der Waals surface area contributed by atoms with Crippen LogP contribution in [0.1, 0.15) is 6.42 Å². The van der Waals surface area contributed by atoms with E-state index in [-0.39, 0.29) is 29.7 Å². The number of carbonyl (C=O) groups is 1. The first-order chi connectivity index (χ1) is 12.5. The molecule has 9 heteroatoms. The molecular weight excluding hydrogens is 340 g/mol. The van der Waals surface area contributed by atoms with E-state index in [1.54, 1.807) is 18.2 Å². The van der Waals surface area contributed by atoms with Gasteiger partial charge in [-0.2, -0.15) is 4.40 Å². The predicted octanol–water partition coefficient (Wildman–Crippen LogP) is 2.23. The zero-order chi connectivity index (χ0) is 18.4. The third kappa shape index (κ3) is 2.21. The first-order valence-electron chi connectivity index (χ1n) is 7.77. The fourth-order valence-electron chi connectivity index (χ4n) is 3.21. The van der Waals surface area contributed by atoms with Crippen molar-refractivity contribution < 1.29 is 14.8 Å². The topological polar surface area (TPSA) is 127 Å². The Balaban J connectivity index is 2.05. The smallest absolute Gasteiger partial charge is 0.328 e. The highest BCUT2D eigenvalue weighted by Gasteiger charge is 2.22. The van der Waals surface area contributed by atoms with E-state index in [2.05, 4.69) is 10.3 Å². The summed E-state index contributed by atoms with van der Waals surface area (Å²) in [7, 11) is 0. The molecule has 0 saturated carbocycles. The third-order valence-corrected chi connectivity index (χ3v) is 4.29. The van der Waals surface area contributed by atoms with E-state index in [0.717, 1.165) is 0 Å². The lowest BCUT2D eigenvalue weighted by molar-refractivity contribution is -0.390. The number of hydrogen-bond donors (Lipinski definition) is 2. The van der Waals surface area contributed by atoms with Crippen LogP contribution < -0.4 is 10.7 Å². The fraction of sp³-hybridized carbons (Fsp3) is 0.118. The molecule has 130 valence electrons. The van der Waals surface area contributed by atoms with E-state index < -0.39 is 10.9 Å². The Kier molecular flexibility index (Phi) is 3.43. The van der Waals surface area contributed by atoms with Gasteiger partial charge in [-0.3, -0.25) is 9.59 Å². The number of fused-ring (bicyclic) bond motifs is 2. The van der Waals surface area contributed by atoms with Crippen LogP contribution in [0.15, 0.2) is 41.3 Å². The molecule has 0 aliphatic carbocycles. The van der Waals surface area contributed by atoms with Crippen molar-refractivity contribution in [2.75, 3.05) is 11.9 Å². The predicted molar refractivity (Wildman–Crippen MR) is 95.1 cm³/mol. The van der Waals surface area contributed by atoms with Gasteiger partial charge in [0.05, 0.1) is 11.8 Å². The molecule has 0 amide bonds. The minimum atomic E-state index is -0.942. The molecule has 9 nitrogen and oxygen atoms in total. The number of benzene rings is 1. The molecule has 0 fully saturated rings. The van der Waals surface area contributed by atoms with Crippen molar-refractivity contribution in [1.29, 1.82) is 0 Å². The number of carboxylic acid groups (broad SMARTS) is 1. The minimum Gasteiger partial charge on any atom is -0.481 e. The summed E-state index contributed by atoms with van der Waals surface area (Å²) in [6.07, 6.45) is 1.33. The molecule has 0 spiro atoms. The van der Waals surface area contributed by atoms with Gasteiger partial charge in [-0.05, 0) is 17.1 Å². The van der Waals surface area contributed by atoms with Gasteiger partial charge in [0.15, 0.2) is 5.52 Å². The number of nitrogens with zero attached hydrogens (tertiary/aromatic N) is 3. The summed E-state index contributed by atoms with van der Waals surface area (Å²) in [6, 6.07) is 7.90. The number of pyridine rings is 2. The second-order valence-corrected chi connectivity index (χ2v) is 5.79. The summed E-state index contributed by atoms with van der Waals surface area (Å²) >= 11 is 0. The molecule has 4 aromatic rings. The Morgan fingerprint density at radius 3 is 2.77 bits per heavy atom. The van der Waals surface area contributed by atoms with Crippen LogP contribution in [0.3, 0.4) is 0 Å². The highest BCUT2D eigenvalue weighted by atomic mass is 16.6. The van der Waals surface area contributed by atoms with E-state index in [1.165, 1.54) is 22.7 Å². The highest BCUT2D eigenvalue weighted by Crippen LogP contribution is 2.32. The highest BCUT2D eigenvalue weighted by molar-refractivity contribution is 6.13. The minimum absolute atomic E-state index is 0.0865. The summed E-state index contributed by atoms with van der Waals surface area (Å²) in [6.45, 7) is 0.171. The number of rotatable bonds is 5. The number of anilines is 1. The zero-order valence-corrected chi connectivity index (χ0v) is 13.3. The van der Waals surface area contributed by atoms with Gasteiger partial charge in [0.2, 0.25) is 5.43 Å². The Morgan fingerprint density at radius 2 is 2.04 bits per heavy atom. The molecule has 0 aliphatic rings. The van der Waals surface area contributed by atoms with E-state index in [9.17, 15) is 19.7 Å². The fourth-order valence-corrected chi connectivity index (χ4v) is 3.21. The van der Waals surface area contributed by atoms with Crippen LogP contribution in [0.5, 0.6) is 0 Å². The normalized spacial score (nSPS) is 11.4. The first kappa shape index (κ1) is 15.8. The van der Waals surface area contributed by atoms with Crippen LogP contribution >= 0.6 is 0 Å². The Bertz CT molecular complexity index is 1250. The molecule has 0 bridgehead atoms. The van der Waals surface area contributed by atoms with Crippen LogP contribution in [0.2, 0.25) is 0 Å². The lowest BCUT2D eigenvalue weighted by Crippen LogP contribution is -2.12. The summed E-state index contributed by atoms with van der Waals surface area (Å²) in [5, 5.41) is 24.6. The summed E-state index contributed by atoms with van der Waals surface area (Å²) in [4.78, 5) is 38.5. The summed E-state index contributed by atoms with van der Waals surface area (Å²) in [5.41, 5.74) is 0.393. The number of carboxylic acids is 1. The van der Waals surface area contributed by atoms with Crippen LogP contribution in [-0.2, 0) is 4.79 Å². The summed E-state index contributed by atoms with van der Waals surface area (Å²) < 4.78 is 1.33. The van der Waals surface area contributed by atoms with Crippen molar-refractivity contribution in [2.24, 2.45) is 0 Å². The molecule has 3 aromatic heterocycles. The second-order valence-electron chi connectivity index (χ2n) is 5.79. The largest absolute Gasteiger partial charge is 0.481 e. The van der Waals surface area contributed by atoms with E-state index in [4.69, 9.17) is 5.11 Å². The lowest BCUT2D eigenvalue weighted by atomic mass is 10.1. The van der Waals surface area contributed by atoms with Gasteiger partial charge >= 0.3 is 11.8 Å². The van der Waals surface area contributed by atoms with Gasteiger partial charge in [-0.25, -0.2) is 4.98 Å². The zero-order valence-electron chi connectivity index (χ0n) is 13.3. The van der Waals surface area contributed by atoms with Gasteiger partial charge in [0.25, 0.3) is 0 Å². The van der Waals surface area contributed by atoms with Crippen LogP contribution in [0.4, 0.5) is 11.6 Å². The molecule has 26 heavy (non-hydrogen) atoms. The van der Waals surface area contributed by atoms with Gasteiger partial charge in [-0.1, -0.05) is 12.1 Å². The molecule has 3 heterocycles. The number of hydrogen-bond acceptors (Lipinski definition) is 6. The molecule has 0 radical (unpaired) electrons. The number of nitrogens with one attached hydrogen (secondary N) is 1. The van der Waals surface area contributed by atoms with Crippen molar-refractivity contribution >= 4 is 44.8 Å². The number of aromatic nitrogens is 2. The van der Waals surface area contributed by atoms with Crippen molar-refractivity contribution in [2.45, 2.75) is 6.42 Å². The van der Waals surface area contributed by atoms with Crippen LogP contribution in [-0.4, -0.2) is 31.9 Å². The standard InChI is InChI=1S/C17H12N4O5/c22-14(23)6-7-18-17-9-2-1-3-11-15(9)10(8-19-17)16(24)12-4-5-13(20(11)12)21(25)26/h1-5,8H,6-7H2,(H,18,19)(H,22,23). The molecule has 0 aliphatic heterocycles. The maximum atomic E-state index is 12.8. The van der Waals surface area contributed by atoms with Crippen LogP contribution in [0, 0.1) is 10.1 Å². The Morgan fingerprint density at radius 1 is 1.23 bits per heavy atom. The lowest BCUT2D eigenvalue weighted by Gasteiger charge is -2.10. The monoisotopic (exact) mass is 352 g/mol. The van der Waals surface area contributed by atoms with Gasteiger partial charge in [0, 0.05) is 29.6 Å². The molecule has 0 unspecified atom stereocenters. The average molecular weight is 352 g/mol. The molecular formula is C17H12N4O5. The third-order valence-electron chi connectivity index (χ3n) is 4.29. The van der Waals surface area contributed by atoms with Gasteiger partial charge in [0.1, 0.15) is 11.3 Å². The quantitative estimate of drug-likeness (QED) is 0.416. The Hall–Kier alpha value is -3.75. The van der Waals surface area contributed by atoms with Crippen molar-refractivity contribution in [3.63, 3.8) is 0 Å². The molecule has 1 aromatic carbocycles. The van der Waals surface area contributed by atoms with E-state index >= 15 is 0 Å². The SMILES string of the molecule is O=C(O)CCNc1ncc2c(=O)c3ccc([N+](=O)[O-])n3c3cccc1c23. The first-order valence-corrected chi connectivity index (χ1v) is 7.77. The van der Waals surface area contributed by atoms with E-state index in [1.807, 2.05) is 0 Å². The van der Waals surface area contributed by atoms with Gasteiger partial charge in [-0.15, -0.1) is 0 Å². The maximum Gasteiger partial charge on any atom is 0.328 e. The van der Waals surface area contributed by atoms with Crippen molar-refractivity contribution in [3.05, 3.63) is 56.9 Å². The van der Waals surface area contributed by atoms with Crippen molar-refractivity contribution in [3.8, 4) is 0 Å². The number of aliphatic carboxylic acids is 1. The average Bonchev–Trinajstić information content (AvgIpc) is 3.05. The summed E-state index contributed by atoms with van der Waals surface area (Å²) in [5.74, 6) is -0.704. The number of nitro groups is 1. The van der Waals surface area contributed by atoms with Crippen LogP contribution in [0.25, 0.3) is 27.2 Å². The van der Waals surface area contributed by atoms with Crippen molar-refractivity contribution in [1.82, 2.24) is 9.38 Å². The maximum absolute atomic E-state index is 12.8. The molecule has 0 atom stereocenters. The van der Waals surface area contributed by atoms with Gasteiger partial charge < -0.3 is 20.5 Å². The molecule has 2 N–H and O–H groups in total.